The number of cyclic esters (lactones) is 1. The molecule has 1 atom stereocenters. The number of esters is 1. The molecule has 24 heavy (non-hydrogen) atoms. The van der Waals surface area contributed by atoms with Gasteiger partial charge in [-0.05, 0) is 66.8 Å². The van der Waals surface area contributed by atoms with Crippen molar-refractivity contribution in [2.24, 2.45) is 0 Å². The highest BCUT2D eigenvalue weighted by molar-refractivity contribution is 5.93. The molecule has 0 N–H and O–H groups in total. The Bertz CT molecular complexity index is 946. The maximum atomic E-state index is 12.4. The second kappa shape index (κ2) is 5.83. The van der Waals surface area contributed by atoms with Gasteiger partial charge in [-0.3, -0.25) is 0 Å². The van der Waals surface area contributed by atoms with E-state index in [0.717, 1.165) is 27.8 Å². The third kappa shape index (κ3) is 2.53. The van der Waals surface area contributed by atoms with Crippen molar-refractivity contribution in [1.29, 1.82) is 10.5 Å². The Morgan fingerprint density at radius 1 is 0.958 bits per heavy atom. The molecule has 0 bridgehead atoms. The van der Waals surface area contributed by atoms with E-state index in [-0.39, 0.29) is 5.97 Å². The molecule has 4 heteroatoms. The second-order valence-corrected chi connectivity index (χ2v) is 6.17. The summed E-state index contributed by atoms with van der Waals surface area (Å²) in [6.07, 6.45) is 0.132. The first-order valence-electron chi connectivity index (χ1n) is 7.70. The normalized spacial score (nSPS) is 15.9. The summed E-state index contributed by atoms with van der Waals surface area (Å²) in [6, 6.07) is 11.6. The lowest BCUT2D eigenvalue weighted by Crippen LogP contribution is -2.23. The van der Waals surface area contributed by atoms with Gasteiger partial charge in [-0.2, -0.15) is 10.5 Å². The topological polar surface area (TPSA) is 73.9 Å². The number of nitrogens with zero attached hydrogens (tertiary/aromatic N) is 2. The van der Waals surface area contributed by atoms with Gasteiger partial charge in [0.05, 0.1) is 28.8 Å². The van der Waals surface area contributed by atoms with Crippen molar-refractivity contribution in [3.63, 3.8) is 0 Å². The molecule has 1 aliphatic heterocycles. The molecular weight excluding hydrogens is 300 g/mol. The Hall–Kier alpha value is -3.11. The average molecular weight is 316 g/mol. The molecule has 0 aliphatic carbocycles. The standard InChI is InChI=1S/C20H16N2O2/c1-11-5-17(13(3)4-15(11)9-21)19-8-14-7-16(10-22)12(2)6-18(14)20(23)24-19/h4-7,19H,8H2,1-3H3. The van der Waals surface area contributed by atoms with E-state index >= 15 is 0 Å². The lowest BCUT2D eigenvalue weighted by Gasteiger charge is -2.27. The number of nitriles is 2. The van der Waals surface area contributed by atoms with E-state index in [1.807, 2.05) is 32.9 Å². The van der Waals surface area contributed by atoms with Crippen molar-refractivity contribution in [3.05, 3.63) is 68.8 Å². The Labute approximate surface area is 140 Å². The first-order valence-corrected chi connectivity index (χ1v) is 7.70. The number of carbonyl (C=O) groups excluding carboxylic acids is 1. The van der Waals surface area contributed by atoms with Gasteiger partial charge in [0.1, 0.15) is 6.10 Å². The predicted octanol–water partition coefficient (Wildman–Crippen LogP) is 3.81. The second-order valence-electron chi connectivity index (χ2n) is 6.17. The van der Waals surface area contributed by atoms with Gasteiger partial charge in [0.2, 0.25) is 0 Å². The number of aryl methyl sites for hydroxylation is 3. The van der Waals surface area contributed by atoms with Gasteiger partial charge >= 0.3 is 5.97 Å². The van der Waals surface area contributed by atoms with Crippen molar-refractivity contribution >= 4 is 5.97 Å². The van der Waals surface area contributed by atoms with E-state index in [0.29, 0.717) is 23.1 Å². The number of hydrogen-bond acceptors (Lipinski definition) is 4. The zero-order valence-electron chi connectivity index (χ0n) is 13.8. The maximum absolute atomic E-state index is 12.4. The molecule has 0 radical (unpaired) electrons. The van der Waals surface area contributed by atoms with Crippen LogP contribution in [0.5, 0.6) is 0 Å². The summed E-state index contributed by atoms with van der Waals surface area (Å²) in [5, 5.41) is 18.3. The zero-order chi connectivity index (χ0) is 17.4. The quantitative estimate of drug-likeness (QED) is 0.750. The summed E-state index contributed by atoms with van der Waals surface area (Å²) in [5.74, 6) is -0.366. The largest absolute Gasteiger partial charge is 0.454 e. The monoisotopic (exact) mass is 316 g/mol. The molecule has 1 aliphatic rings. The van der Waals surface area contributed by atoms with Gasteiger partial charge in [-0.1, -0.05) is 6.07 Å². The first-order chi connectivity index (χ1) is 11.4. The molecule has 4 nitrogen and oxygen atoms in total. The van der Waals surface area contributed by atoms with Gasteiger partial charge < -0.3 is 4.74 Å². The van der Waals surface area contributed by atoms with Gasteiger partial charge in [0, 0.05) is 6.42 Å². The van der Waals surface area contributed by atoms with Crippen molar-refractivity contribution in [3.8, 4) is 12.1 Å². The molecule has 0 saturated heterocycles. The summed E-state index contributed by atoms with van der Waals surface area (Å²) in [5.41, 5.74) is 6.04. The number of carbonyl (C=O) groups is 1. The summed E-state index contributed by atoms with van der Waals surface area (Å²) in [4.78, 5) is 12.4. The predicted molar refractivity (Wildman–Crippen MR) is 88.4 cm³/mol. The summed E-state index contributed by atoms with van der Waals surface area (Å²) >= 11 is 0. The summed E-state index contributed by atoms with van der Waals surface area (Å²) in [6.45, 7) is 5.60. The Morgan fingerprint density at radius 2 is 1.58 bits per heavy atom. The molecule has 0 amide bonds. The minimum Gasteiger partial charge on any atom is -0.454 e. The lowest BCUT2D eigenvalue weighted by atomic mass is 9.88. The minimum absolute atomic E-state index is 0.366. The highest BCUT2D eigenvalue weighted by atomic mass is 16.5. The highest BCUT2D eigenvalue weighted by Gasteiger charge is 2.29. The third-order valence-corrected chi connectivity index (χ3v) is 4.53. The SMILES string of the molecule is Cc1cc(C2Cc3cc(C#N)c(C)cc3C(=O)O2)c(C)cc1C#N. The fourth-order valence-electron chi connectivity index (χ4n) is 3.15. The van der Waals surface area contributed by atoms with Gasteiger partial charge in [-0.25, -0.2) is 4.79 Å². The fraction of sp³-hybridized carbons (Fsp3) is 0.250. The van der Waals surface area contributed by atoms with Crippen LogP contribution in [0.3, 0.4) is 0 Å². The smallest absolute Gasteiger partial charge is 0.339 e. The summed E-state index contributed by atoms with van der Waals surface area (Å²) < 4.78 is 5.63. The van der Waals surface area contributed by atoms with Gasteiger partial charge in [-0.15, -0.1) is 0 Å². The molecular formula is C20H16N2O2. The van der Waals surface area contributed by atoms with Crippen molar-refractivity contribution < 1.29 is 9.53 Å². The third-order valence-electron chi connectivity index (χ3n) is 4.53. The molecule has 118 valence electrons. The molecule has 2 aromatic carbocycles. The van der Waals surface area contributed by atoms with Gasteiger partial charge in [0.15, 0.2) is 0 Å². The van der Waals surface area contributed by atoms with Crippen LogP contribution in [0.1, 0.15) is 55.4 Å². The van der Waals surface area contributed by atoms with Crippen molar-refractivity contribution in [1.82, 2.24) is 0 Å². The molecule has 2 aromatic rings. The Balaban J connectivity index is 2.06. The van der Waals surface area contributed by atoms with Crippen LogP contribution in [0.25, 0.3) is 0 Å². The lowest BCUT2D eigenvalue weighted by molar-refractivity contribution is 0.0251. The van der Waals surface area contributed by atoms with E-state index in [4.69, 9.17) is 10.00 Å². The van der Waals surface area contributed by atoms with Crippen molar-refractivity contribution in [2.45, 2.75) is 33.3 Å². The van der Waals surface area contributed by atoms with Crippen LogP contribution in [0.4, 0.5) is 0 Å². The maximum Gasteiger partial charge on any atom is 0.339 e. The number of benzene rings is 2. The van der Waals surface area contributed by atoms with E-state index in [1.165, 1.54) is 0 Å². The van der Waals surface area contributed by atoms with Crippen LogP contribution in [-0.2, 0) is 11.2 Å². The van der Waals surface area contributed by atoms with E-state index in [9.17, 15) is 10.1 Å². The number of hydrogen-bond donors (Lipinski definition) is 0. The average Bonchev–Trinajstić information content (AvgIpc) is 2.56. The molecule has 1 unspecified atom stereocenters. The van der Waals surface area contributed by atoms with E-state index < -0.39 is 6.10 Å². The van der Waals surface area contributed by atoms with Crippen LogP contribution < -0.4 is 0 Å². The van der Waals surface area contributed by atoms with E-state index in [2.05, 4.69) is 12.1 Å². The number of rotatable bonds is 1. The van der Waals surface area contributed by atoms with Crippen LogP contribution >= 0.6 is 0 Å². The molecule has 0 fully saturated rings. The Kier molecular flexibility index (Phi) is 3.83. The molecule has 0 aromatic heterocycles. The highest BCUT2D eigenvalue weighted by Crippen LogP contribution is 2.34. The van der Waals surface area contributed by atoms with Crippen molar-refractivity contribution in [2.75, 3.05) is 0 Å². The van der Waals surface area contributed by atoms with Crippen LogP contribution in [0, 0.1) is 43.4 Å². The molecule has 1 heterocycles. The van der Waals surface area contributed by atoms with E-state index in [1.54, 1.807) is 12.1 Å². The minimum atomic E-state index is -0.398. The zero-order valence-corrected chi connectivity index (χ0v) is 13.8. The van der Waals surface area contributed by atoms with Crippen LogP contribution in [0.2, 0.25) is 0 Å². The first kappa shape index (κ1) is 15.8. The van der Waals surface area contributed by atoms with Crippen LogP contribution in [0.15, 0.2) is 24.3 Å². The van der Waals surface area contributed by atoms with Crippen LogP contribution in [-0.4, -0.2) is 5.97 Å². The molecule has 0 spiro atoms. The number of fused-ring (bicyclic) bond motifs is 1. The summed E-state index contributed by atoms with van der Waals surface area (Å²) in [7, 11) is 0. The Morgan fingerprint density at radius 3 is 2.25 bits per heavy atom. The number of ether oxygens (including phenoxy) is 1. The fourth-order valence-corrected chi connectivity index (χ4v) is 3.15. The molecule has 0 saturated carbocycles. The molecule has 3 rings (SSSR count). The van der Waals surface area contributed by atoms with Gasteiger partial charge in [0.25, 0.3) is 0 Å².